The summed E-state index contributed by atoms with van der Waals surface area (Å²) in [7, 11) is -0.0146. The van der Waals surface area contributed by atoms with Crippen molar-refractivity contribution in [2.75, 3.05) is 46.2 Å². The van der Waals surface area contributed by atoms with Gasteiger partial charge in [0.2, 0.25) is 0 Å². The van der Waals surface area contributed by atoms with E-state index in [0.29, 0.717) is 148 Å². The van der Waals surface area contributed by atoms with Crippen LogP contribution in [0.5, 0.6) is 0 Å². The van der Waals surface area contributed by atoms with Gasteiger partial charge in [-0.3, -0.25) is 33.6 Å². The summed E-state index contributed by atoms with van der Waals surface area (Å²) < 4.78 is 98.7. The SMILES string of the molecule is CC(COC(=O)C(C)(COC(=O)C12CC3CC(CC(C3)C1)C2)COC(=O)C12CC3CC(CC(C3)C1)C2)(COC(=O)C(C)(COC(=O)C12CC3CC(CC(C3)C1)C2)COC(=O)C12CC3CC(CC(C3)C1)C2)C(=O)OCCC(F)(F)C(C)(F)F.c1ccc([S+](c2ccccc2)c2ccccc2)cc1. The fourth-order valence-corrected chi connectivity index (χ4v) is 25.1. The minimum absolute atomic E-state index is 0.0146. The van der Waals surface area contributed by atoms with E-state index in [1.54, 1.807) is 0 Å². The number of benzene rings is 3. The topological polar surface area (TPSA) is 184 Å². The lowest BCUT2D eigenvalue weighted by Gasteiger charge is -2.55. The summed E-state index contributed by atoms with van der Waals surface area (Å²) in [6, 6.07) is 32.2. The molecule has 0 saturated heterocycles. The van der Waals surface area contributed by atoms with Gasteiger partial charge in [-0.1, -0.05) is 54.6 Å². The van der Waals surface area contributed by atoms with Crippen molar-refractivity contribution >= 4 is 52.7 Å². The van der Waals surface area contributed by atoms with Crippen LogP contribution in [0.3, 0.4) is 0 Å². The second kappa shape index (κ2) is 27.8. The first-order valence-electron chi connectivity index (χ1n) is 37.9. The number of hydrogen-bond acceptors (Lipinski definition) is 14. The lowest BCUT2D eigenvalue weighted by atomic mass is 9.49. The summed E-state index contributed by atoms with van der Waals surface area (Å²) in [6.07, 6.45) is 19.6. The number of esters is 7. The van der Waals surface area contributed by atoms with Crippen LogP contribution in [0.25, 0.3) is 0 Å². The van der Waals surface area contributed by atoms with Crippen LogP contribution in [0.4, 0.5) is 17.6 Å². The van der Waals surface area contributed by atoms with E-state index in [1.807, 2.05) is 0 Å². The van der Waals surface area contributed by atoms with Crippen molar-refractivity contribution in [3.63, 3.8) is 0 Å². The van der Waals surface area contributed by atoms with Crippen molar-refractivity contribution in [1.29, 1.82) is 0 Å². The molecular weight excluding hydrogens is 1320 g/mol. The van der Waals surface area contributed by atoms with Gasteiger partial charge >= 0.3 is 53.6 Å². The van der Waals surface area contributed by atoms with Crippen LogP contribution in [-0.2, 0) is 77.6 Å². The predicted octanol–water partition coefficient (Wildman–Crippen LogP) is 16.1. The summed E-state index contributed by atoms with van der Waals surface area (Å²) in [6.45, 7) is -1.10. The molecule has 0 N–H and O–H groups in total. The van der Waals surface area contributed by atoms with Gasteiger partial charge in [0.15, 0.2) is 14.7 Å². The molecule has 0 atom stereocenters. The molecule has 0 aromatic heterocycles. The lowest BCUT2D eigenvalue weighted by molar-refractivity contribution is -0.208. The number of carbonyl (C=O) groups excluding carboxylic acids is 7. The molecule has 16 aliphatic rings. The van der Waals surface area contributed by atoms with Gasteiger partial charge in [-0.05, 0) is 282 Å². The normalized spacial score (nSPS) is 35.1. The zero-order chi connectivity index (χ0) is 71.0. The van der Waals surface area contributed by atoms with Crippen molar-refractivity contribution in [2.24, 2.45) is 109 Å². The second-order valence-corrected chi connectivity index (χ2v) is 37.7. The first-order valence-corrected chi connectivity index (χ1v) is 39.1. The monoisotopic (exact) mass is 1420 g/mol. The zero-order valence-corrected chi connectivity index (χ0v) is 60.2. The van der Waals surface area contributed by atoms with E-state index >= 15 is 0 Å². The predicted molar refractivity (Wildman–Crippen MR) is 365 cm³/mol. The Labute approximate surface area is 595 Å². The molecule has 16 aliphatic carbocycles. The van der Waals surface area contributed by atoms with E-state index in [0.717, 1.165) is 77.0 Å². The van der Waals surface area contributed by atoms with Gasteiger partial charge in [0.25, 0.3) is 0 Å². The van der Waals surface area contributed by atoms with Gasteiger partial charge in [0.1, 0.15) is 55.9 Å². The highest BCUT2D eigenvalue weighted by molar-refractivity contribution is 7.97. The summed E-state index contributed by atoms with van der Waals surface area (Å²) in [5.74, 6) is -9.26. The van der Waals surface area contributed by atoms with Gasteiger partial charge in [0.05, 0.1) is 45.6 Å². The first kappa shape index (κ1) is 72.0. The van der Waals surface area contributed by atoms with Crippen molar-refractivity contribution in [1.82, 2.24) is 0 Å². The third-order valence-corrected chi connectivity index (χ3v) is 29.0. The zero-order valence-electron chi connectivity index (χ0n) is 59.4. The van der Waals surface area contributed by atoms with E-state index in [9.17, 15) is 51.1 Å². The minimum atomic E-state index is -4.57. The van der Waals surface area contributed by atoms with Gasteiger partial charge in [0, 0.05) is 6.92 Å². The first-order chi connectivity index (χ1) is 48.0. The van der Waals surface area contributed by atoms with Gasteiger partial charge in [-0.25, -0.2) is 8.78 Å². The molecule has 14 nitrogen and oxygen atoms in total. The highest BCUT2D eigenvalue weighted by Gasteiger charge is 2.61. The lowest BCUT2D eigenvalue weighted by Crippen LogP contribution is -2.53. The van der Waals surface area contributed by atoms with Gasteiger partial charge in [-0.15, -0.1) is 0 Å². The Bertz CT molecular complexity index is 3050. The molecule has 19 heteroatoms. The molecular formula is C82H103F4O14S+. The van der Waals surface area contributed by atoms with Crippen molar-refractivity contribution in [3.8, 4) is 0 Å². The number of carbonyl (C=O) groups is 7. The molecule has 16 bridgehead atoms. The van der Waals surface area contributed by atoms with E-state index < -0.39 is 144 Å². The summed E-state index contributed by atoms with van der Waals surface area (Å²) >= 11 is 0. The highest BCUT2D eigenvalue weighted by Crippen LogP contribution is 2.64. The van der Waals surface area contributed by atoms with Gasteiger partial charge in [-0.2, -0.15) is 8.78 Å². The molecule has 0 radical (unpaired) electrons. The number of rotatable bonds is 26. The molecule has 16 fully saturated rings. The smallest absolute Gasteiger partial charge is 0.318 e. The minimum Gasteiger partial charge on any atom is -0.465 e. The Morgan fingerprint density at radius 1 is 0.327 bits per heavy atom. The van der Waals surface area contributed by atoms with Crippen molar-refractivity contribution in [3.05, 3.63) is 91.0 Å². The molecule has 548 valence electrons. The van der Waals surface area contributed by atoms with Crippen LogP contribution in [0.2, 0.25) is 0 Å². The fraction of sp³-hybridized carbons (Fsp3) is 0.695. The Kier molecular flexibility index (Phi) is 19.8. The Morgan fingerprint density at radius 3 is 0.733 bits per heavy atom. The molecule has 101 heavy (non-hydrogen) atoms. The van der Waals surface area contributed by atoms with E-state index in [4.69, 9.17) is 33.2 Å². The molecule has 3 aromatic carbocycles. The maximum Gasteiger partial charge on any atom is 0.318 e. The van der Waals surface area contributed by atoms with Crippen LogP contribution in [0, 0.1) is 109 Å². The van der Waals surface area contributed by atoms with Gasteiger partial charge < -0.3 is 33.2 Å². The highest BCUT2D eigenvalue weighted by atomic mass is 32.2. The number of hydrogen-bond donors (Lipinski definition) is 0. The van der Waals surface area contributed by atoms with Crippen LogP contribution in [-0.4, -0.2) is 99.9 Å². The van der Waals surface area contributed by atoms with Crippen LogP contribution in [0.15, 0.2) is 106 Å². The molecule has 0 spiro atoms. The Balaban J connectivity index is 0.000000391. The molecule has 0 aliphatic heterocycles. The third-order valence-electron chi connectivity index (χ3n) is 26.7. The number of ether oxygens (including phenoxy) is 7. The number of alkyl halides is 4. The molecule has 0 unspecified atom stereocenters. The second-order valence-electron chi connectivity index (χ2n) is 35.7. The van der Waals surface area contributed by atoms with E-state index in [1.165, 1.54) is 35.5 Å². The molecule has 19 rings (SSSR count). The van der Waals surface area contributed by atoms with E-state index in [-0.39, 0.29) is 17.8 Å². The van der Waals surface area contributed by atoms with Crippen LogP contribution < -0.4 is 0 Å². The molecule has 0 heterocycles. The largest absolute Gasteiger partial charge is 0.465 e. The molecule has 16 saturated carbocycles. The van der Waals surface area contributed by atoms with Crippen molar-refractivity contribution in [2.45, 2.75) is 215 Å². The third kappa shape index (κ3) is 14.8. The van der Waals surface area contributed by atoms with Crippen molar-refractivity contribution < 1.29 is 84.3 Å². The molecule has 0 amide bonds. The van der Waals surface area contributed by atoms with E-state index in [2.05, 4.69) is 91.0 Å². The molecule has 3 aromatic rings. The maximum atomic E-state index is 14.8. The summed E-state index contributed by atoms with van der Waals surface area (Å²) in [4.78, 5) is 105. The van der Waals surface area contributed by atoms with Crippen LogP contribution in [0.1, 0.15) is 188 Å². The van der Waals surface area contributed by atoms with Crippen LogP contribution >= 0.6 is 0 Å². The average molecular weight is 1420 g/mol. The summed E-state index contributed by atoms with van der Waals surface area (Å²) in [5, 5.41) is 0. The quantitative estimate of drug-likeness (QED) is 0.0320. The average Bonchev–Trinajstić information content (AvgIpc) is 0.757. The fourth-order valence-electron chi connectivity index (χ4n) is 23.0. The summed E-state index contributed by atoms with van der Waals surface area (Å²) in [5.41, 5.74) is -8.69. The Morgan fingerprint density at radius 2 is 0.525 bits per heavy atom. The number of halogens is 4. The standard InChI is InChI=1S/C64H88F4O14.C18H15S/c1-56(49(69)76-6-5-64(67,68)59(4,65)66,31-77-50(70)57(2,33-79-52(72)60-19-37-7-38(20-60)9-39(8-37)21-60)34-80-53(73)61-22-40-10-41(23-61)12-42(11-40)24-61)32-78-51(71)58(3,35-81-54(74)62-25-43-13-44(26-62)15-45(14-43)27-62)36-82-55(75)63-28-46-16-47(29-63)18-48(17-46)30-63;1-4-10-16(11-5-1)19(17-12-6-2-7-13-17)18-14-8-3-9-15-18/h37-48H,5-36H2,1-4H3;1-15H/q;+1. The maximum absolute atomic E-state index is 14.8. The Hall–Kier alpha value is -5.98.